The van der Waals surface area contributed by atoms with Crippen molar-refractivity contribution in [3.8, 4) is 0 Å². The summed E-state index contributed by atoms with van der Waals surface area (Å²) in [6, 6.07) is 0. The van der Waals surface area contributed by atoms with Crippen LogP contribution >= 0.6 is 39.5 Å². The molecule has 4 heteroatoms. The fraction of sp³-hybridized carbons (Fsp3) is 1.00. The molecular weight excluding hydrogens is 393 g/mol. The van der Waals surface area contributed by atoms with Gasteiger partial charge in [0.15, 0.2) is 0 Å². The molecule has 1 aliphatic heterocycles. The third-order valence-corrected chi connectivity index (χ3v) is 1.21. The number of nitrogens with one attached hydrogen (secondary N) is 1. The summed E-state index contributed by atoms with van der Waals surface area (Å²) in [4.78, 5) is 0. The van der Waals surface area contributed by atoms with Gasteiger partial charge >= 0.3 is 49.6 Å². The van der Waals surface area contributed by atoms with E-state index in [9.17, 15) is 0 Å². The molecular formula is C5H11I2NZn. The monoisotopic (exact) mass is 403 g/mol. The quantitative estimate of drug-likeness (QED) is 0.484. The second-order valence-electron chi connectivity index (χ2n) is 1.91. The number of piperidine rings is 1. The van der Waals surface area contributed by atoms with Crippen LogP contribution in [0.4, 0.5) is 0 Å². The van der Waals surface area contributed by atoms with Gasteiger partial charge < -0.3 is 5.32 Å². The van der Waals surface area contributed by atoms with Crippen LogP contribution < -0.4 is 5.32 Å². The van der Waals surface area contributed by atoms with Crippen LogP contribution in [0.15, 0.2) is 0 Å². The molecule has 1 nitrogen and oxygen atoms in total. The van der Waals surface area contributed by atoms with Crippen LogP contribution in [0.5, 0.6) is 0 Å². The van der Waals surface area contributed by atoms with Crippen molar-refractivity contribution in [2.75, 3.05) is 13.1 Å². The maximum absolute atomic E-state index is 3.28. The van der Waals surface area contributed by atoms with E-state index in [0.29, 0.717) is 0 Å². The van der Waals surface area contributed by atoms with E-state index in [1.165, 1.54) is 32.4 Å². The molecule has 1 heterocycles. The van der Waals surface area contributed by atoms with Gasteiger partial charge in [-0.25, -0.2) is 0 Å². The minimum atomic E-state index is 0.0650. The molecule has 0 amide bonds. The van der Waals surface area contributed by atoms with E-state index in [4.69, 9.17) is 0 Å². The van der Waals surface area contributed by atoms with E-state index in [-0.39, 0.29) is 10.1 Å². The summed E-state index contributed by atoms with van der Waals surface area (Å²) in [7, 11) is 0.0650. The summed E-state index contributed by atoms with van der Waals surface area (Å²) in [6.45, 7) is 2.50. The van der Waals surface area contributed by atoms with Crippen LogP contribution in [0.3, 0.4) is 0 Å². The van der Waals surface area contributed by atoms with Gasteiger partial charge in [-0.3, -0.25) is 0 Å². The third kappa shape index (κ3) is 10.0. The number of halogens is 2. The van der Waals surface area contributed by atoms with E-state index in [1.807, 2.05) is 0 Å². The van der Waals surface area contributed by atoms with Gasteiger partial charge in [-0.05, 0) is 25.9 Å². The van der Waals surface area contributed by atoms with Crippen molar-refractivity contribution in [2.24, 2.45) is 0 Å². The second-order valence-corrected chi connectivity index (χ2v) is 25.4. The SMILES string of the molecule is C1CCNCC1.[I][Zn][I]. The Morgan fingerprint density at radius 2 is 1.44 bits per heavy atom. The fourth-order valence-electron chi connectivity index (χ4n) is 0.802. The van der Waals surface area contributed by atoms with Gasteiger partial charge in [0.05, 0.1) is 0 Å². The van der Waals surface area contributed by atoms with Crippen LogP contribution in [-0.4, -0.2) is 13.1 Å². The minimum absolute atomic E-state index is 0.0650. The van der Waals surface area contributed by atoms with Gasteiger partial charge in [-0.15, -0.1) is 0 Å². The van der Waals surface area contributed by atoms with Gasteiger partial charge in [0.2, 0.25) is 0 Å². The molecule has 9 heavy (non-hydrogen) atoms. The molecule has 0 bridgehead atoms. The molecule has 0 aliphatic carbocycles. The number of hydrogen-bond donors (Lipinski definition) is 1. The topological polar surface area (TPSA) is 12.0 Å². The van der Waals surface area contributed by atoms with Gasteiger partial charge in [-0.2, -0.15) is 0 Å². The molecule has 0 aromatic carbocycles. The zero-order chi connectivity index (χ0) is 6.95. The normalized spacial score (nSPS) is 17.1. The molecule has 1 N–H and O–H groups in total. The first-order valence-corrected chi connectivity index (χ1v) is 21.3. The van der Waals surface area contributed by atoms with Crippen molar-refractivity contribution in [3.05, 3.63) is 0 Å². The van der Waals surface area contributed by atoms with Crippen molar-refractivity contribution in [1.29, 1.82) is 0 Å². The molecule has 0 unspecified atom stereocenters. The molecule has 52 valence electrons. The molecule has 1 saturated heterocycles. The van der Waals surface area contributed by atoms with Crippen molar-refractivity contribution >= 4 is 39.5 Å². The summed E-state index contributed by atoms with van der Waals surface area (Å²) < 4.78 is 0. The maximum atomic E-state index is 3.28. The van der Waals surface area contributed by atoms with E-state index in [2.05, 4.69) is 44.8 Å². The van der Waals surface area contributed by atoms with Gasteiger partial charge in [0, 0.05) is 0 Å². The van der Waals surface area contributed by atoms with Crippen molar-refractivity contribution in [2.45, 2.75) is 19.3 Å². The first-order valence-electron chi connectivity index (χ1n) is 3.24. The average Bonchev–Trinajstić information content (AvgIpc) is 1.93. The van der Waals surface area contributed by atoms with Crippen molar-refractivity contribution in [3.63, 3.8) is 0 Å². The van der Waals surface area contributed by atoms with Gasteiger partial charge in [0.25, 0.3) is 0 Å². The van der Waals surface area contributed by atoms with Crippen molar-refractivity contribution < 1.29 is 10.1 Å². The van der Waals surface area contributed by atoms with Crippen LogP contribution in [0.1, 0.15) is 19.3 Å². The van der Waals surface area contributed by atoms with Gasteiger partial charge in [-0.1, -0.05) is 6.42 Å². The molecule has 0 saturated carbocycles. The molecule has 1 aliphatic rings. The van der Waals surface area contributed by atoms with Crippen LogP contribution in [0.2, 0.25) is 0 Å². The number of hydrogen-bond acceptors (Lipinski definition) is 1. The predicted octanol–water partition coefficient (Wildman–Crippen LogP) is 2.53. The Bertz CT molecular complexity index is 38.7. The summed E-state index contributed by atoms with van der Waals surface area (Å²) in [5, 5.41) is 3.28. The zero-order valence-corrected chi connectivity index (χ0v) is 12.8. The Balaban J connectivity index is 0.000000187. The number of rotatable bonds is 0. The third-order valence-electron chi connectivity index (χ3n) is 1.21. The summed E-state index contributed by atoms with van der Waals surface area (Å²) in [5.74, 6) is 0. The van der Waals surface area contributed by atoms with Crippen LogP contribution in [0, 0.1) is 0 Å². The summed E-state index contributed by atoms with van der Waals surface area (Å²) in [6.07, 6.45) is 4.22. The summed E-state index contributed by atoms with van der Waals surface area (Å²) >= 11 is 4.93. The standard InChI is InChI=1S/C5H11N.2HI.Zn/c1-2-4-6-5-3-1;;;/h6H,1-5H2;2*1H;/q;;;+2/p-2. The molecule has 0 atom stereocenters. The fourth-order valence-corrected chi connectivity index (χ4v) is 0.802. The Labute approximate surface area is 86.1 Å². The summed E-state index contributed by atoms with van der Waals surface area (Å²) in [5.41, 5.74) is 0. The Kier molecular flexibility index (Phi) is 12.3. The first kappa shape index (κ1) is 11.0. The first-order chi connectivity index (χ1) is 4.41. The molecule has 1 fully saturated rings. The van der Waals surface area contributed by atoms with Crippen LogP contribution in [0.25, 0.3) is 0 Å². The van der Waals surface area contributed by atoms with Gasteiger partial charge in [0.1, 0.15) is 0 Å². The predicted molar refractivity (Wildman–Crippen MR) is 54.8 cm³/mol. The van der Waals surface area contributed by atoms with Crippen LogP contribution in [-0.2, 0) is 10.1 Å². The average molecular weight is 404 g/mol. The zero-order valence-electron chi connectivity index (χ0n) is 5.50. The van der Waals surface area contributed by atoms with E-state index in [0.717, 1.165) is 0 Å². The molecule has 0 spiro atoms. The second kappa shape index (κ2) is 10.0. The molecule has 0 aromatic heterocycles. The Morgan fingerprint density at radius 3 is 1.56 bits per heavy atom. The molecule has 0 aromatic rings. The molecule has 1 rings (SSSR count). The Hall–Kier alpha value is 2.04. The molecule has 0 radical (unpaired) electrons. The van der Waals surface area contributed by atoms with E-state index in [1.54, 1.807) is 0 Å². The Morgan fingerprint density at radius 1 is 1.00 bits per heavy atom. The van der Waals surface area contributed by atoms with Crippen molar-refractivity contribution in [1.82, 2.24) is 5.32 Å². The van der Waals surface area contributed by atoms with E-state index < -0.39 is 0 Å². The van der Waals surface area contributed by atoms with E-state index >= 15 is 0 Å².